The Morgan fingerprint density at radius 1 is 0.218 bits per heavy atom. The van der Waals surface area contributed by atoms with Gasteiger partial charge < -0.3 is 0 Å². The van der Waals surface area contributed by atoms with Gasteiger partial charge in [0, 0.05) is 52.0 Å². The smallest absolute Gasteiger partial charge is 0.0702 e. The topological polar surface area (TPSA) is 38.7 Å². The highest BCUT2D eigenvalue weighted by Gasteiger charge is 2.58. The average molecular weight is 1010 g/mol. The van der Waals surface area contributed by atoms with Gasteiger partial charge in [0.2, 0.25) is 0 Å². The number of nitrogens with zero attached hydrogens (tertiary/aromatic N) is 3. The second-order valence-electron chi connectivity index (χ2n) is 25.4. The number of benzene rings is 7. The van der Waals surface area contributed by atoms with Crippen molar-refractivity contribution >= 4 is 0 Å². The van der Waals surface area contributed by atoms with Crippen molar-refractivity contribution in [2.75, 3.05) is 0 Å². The highest BCUT2D eigenvalue weighted by molar-refractivity contribution is 5.94. The van der Waals surface area contributed by atoms with Crippen LogP contribution < -0.4 is 0 Å². The third kappa shape index (κ3) is 7.86. The Hall–Kier alpha value is -8.01. The molecule has 3 nitrogen and oxygen atoms in total. The average Bonchev–Trinajstić information content (AvgIpc) is 3.87. The van der Waals surface area contributed by atoms with E-state index in [9.17, 15) is 0 Å². The zero-order valence-electron chi connectivity index (χ0n) is 47.5. The predicted octanol–water partition coefficient (Wildman–Crippen LogP) is 20.1. The number of pyridine rings is 3. The summed E-state index contributed by atoms with van der Waals surface area (Å²) in [6.07, 6.45) is 6.13. The molecular weight excluding hydrogens is 943 g/mol. The van der Waals surface area contributed by atoms with Crippen LogP contribution in [-0.4, -0.2) is 15.0 Å². The van der Waals surface area contributed by atoms with Gasteiger partial charge in [-0.2, -0.15) is 0 Å². The van der Waals surface area contributed by atoms with E-state index in [-0.39, 0.29) is 32.5 Å². The normalized spacial score (nSPS) is 16.8. The fourth-order valence-corrected chi connectivity index (χ4v) is 13.3. The largest absolute Gasteiger partial charge is 0.256 e. The molecule has 0 saturated heterocycles. The highest BCUT2D eigenvalue weighted by atomic mass is 14.7. The van der Waals surface area contributed by atoms with Crippen molar-refractivity contribution in [3.05, 3.63) is 235 Å². The third-order valence-corrected chi connectivity index (χ3v) is 20.5. The summed E-state index contributed by atoms with van der Waals surface area (Å²) in [5.74, 6) is 0. The Kier molecular flexibility index (Phi) is 11.9. The van der Waals surface area contributed by atoms with Crippen LogP contribution in [0, 0.1) is 10.8 Å². The third-order valence-electron chi connectivity index (χ3n) is 20.5. The first kappa shape index (κ1) is 50.8. The van der Waals surface area contributed by atoms with Crippen LogP contribution in [-0.2, 0) is 21.7 Å². The standard InChI is InChI=1S/C75H71N3/c1-70(2)63-35-30-49(43-65(63)72(5,6)74(70,9)10)68-38-33-52(46-77-68)58-25-17-20-28-61(58)55-40-54(60-27-19-16-24-57(60)51-32-37-67(76-45-51)48-22-14-13-15-23-48)41-56(42-55)62-29-21-18-26-59(62)53-34-39-69(78-47-53)50-31-36-64-66(44-50)73(7,8)75(11,12)71(64,3)4/h13-47H,1-12H3. The lowest BCUT2D eigenvalue weighted by atomic mass is 9.59. The van der Waals surface area contributed by atoms with Crippen molar-refractivity contribution in [2.24, 2.45) is 10.8 Å². The quantitative estimate of drug-likeness (QED) is 0.145. The fraction of sp³-hybridized carbons (Fsp3) is 0.240. The molecule has 78 heavy (non-hydrogen) atoms. The van der Waals surface area contributed by atoms with Gasteiger partial charge in [-0.15, -0.1) is 0 Å². The van der Waals surface area contributed by atoms with Crippen LogP contribution in [0.2, 0.25) is 0 Å². The van der Waals surface area contributed by atoms with Crippen molar-refractivity contribution < 1.29 is 0 Å². The molecule has 0 unspecified atom stereocenters. The summed E-state index contributed by atoms with van der Waals surface area (Å²) in [4.78, 5) is 15.4. The van der Waals surface area contributed by atoms with E-state index >= 15 is 0 Å². The first-order valence-electron chi connectivity index (χ1n) is 27.9. The Labute approximate surface area is 463 Å². The lowest BCUT2D eigenvalue weighted by Crippen LogP contribution is -2.42. The predicted molar refractivity (Wildman–Crippen MR) is 328 cm³/mol. The Balaban J connectivity index is 0.956. The summed E-state index contributed by atoms with van der Waals surface area (Å²) in [5, 5.41) is 0. The maximum absolute atomic E-state index is 5.20. The molecule has 7 aromatic carbocycles. The molecule has 0 saturated carbocycles. The molecule has 386 valence electrons. The van der Waals surface area contributed by atoms with E-state index in [0.717, 1.165) is 101 Å². The van der Waals surface area contributed by atoms with Gasteiger partial charge in [-0.25, -0.2) is 0 Å². The molecule has 0 amide bonds. The van der Waals surface area contributed by atoms with E-state index in [0.29, 0.717) is 0 Å². The van der Waals surface area contributed by atoms with Gasteiger partial charge in [0.15, 0.2) is 0 Å². The Morgan fingerprint density at radius 3 is 0.795 bits per heavy atom. The van der Waals surface area contributed by atoms with Crippen molar-refractivity contribution in [1.82, 2.24) is 15.0 Å². The van der Waals surface area contributed by atoms with Crippen LogP contribution in [0.15, 0.2) is 213 Å². The first-order valence-corrected chi connectivity index (χ1v) is 27.9. The number of hydrogen-bond donors (Lipinski definition) is 0. The van der Waals surface area contributed by atoms with E-state index in [1.54, 1.807) is 0 Å². The Morgan fingerprint density at radius 2 is 0.487 bits per heavy atom. The lowest BCUT2D eigenvalue weighted by molar-refractivity contribution is 0.125. The van der Waals surface area contributed by atoms with Crippen LogP contribution in [0.25, 0.3) is 101 Å². The molecule has 10 aromatic rings. The molecule has 0 atom stereocenters. The van der Waals surface area contributed by atoms with E-state index in [2.05, 4.69) is 284 Å². The number of fused-ring (bicyclic) bond motifs is 2. The summed E-state index contributed by atoms with van der Waals surface area (Å²) >= 11 is 0. The van der Waals surface area contributed by atoms with Crippen LogP contribution >= 0.6 is 0 Å². The van der Waals surface area contributed by atoms with E-state index in [1.165, 1.54) is 22.3 Å². The molecule has 3 aromatic heterocycles. The summed E-state index contributed by atoms with van der Waals surface area (Å²) < 4.78 is 0. The molecule has 3 heteroatoms. The first-order chi connectivity index (χ1) is 37.2. The van der Waals surface area contributed by atoms with Gasteiger partial charge in [0.25, 0.3) is 0 Å². The maximum atomic E-state index is 5.20. The summed E-state index contributed by atoms with van der Waals surface area (Å²) in [7, 11) is 0. The second kappa shape index (κ2) is 18.3. The molecule has 3 heterocycles. The molecule has 0 N–H and O–H groups in total. The zero-order chi connectivity index (χ0) is 54.6. The van der Waals surface area contributed by atoms with Crippen molar-refractivity contribution in [1.29, 1.82) is 0 Å². The van der Waals surface area contributed by atoms with Gasteiger partial charge in [-0.3, -0.25) is 15.0 Å². The van der Waals surface area contributed by atoms with Crippen LogP contribution in [0.5, 0.6) is 0 Å². The second-order valence-corrected chi connectivity index (χ2v) is 25.4. The zero-order valence-corrected chi connectivity index (χ0v) is 47.5. The van der Waals surface area contributed by atoms with Gasteiger partial charge in [0.1, 0.15) is 0 Å². The van der Waals surface area contributed by atoms with E-state index < -0.39 is 0 Å². The van der Waals surface area contributed by atoms with Crippen molar-refractivity contribution in [3.8, 4) is 101 Å². The molecule has 0 fully saturated rings. The number of rotatable bonds is 9. The monoisotopic (exact) mass is 1010 g/mol. The Bertz CT molecular complexity index is 3730. The van der Waals surface area contributed by atoms with Gasteiger partial charge in [0.05, 0.1) is 17.1 Å². The molecule has 2 aliphatic carbocycles. The van der Waals surface area contributed by atoms with E-state index in [4.69, 9.17) is 15.0 Å². The number of aromatic nitrogens is 3. The minimum Gasteiger partial charge on any atom is -0.256 e. The van der Waals surface area contributed by atoms with Gasteiger partial charge >= 0.3 is 0 Å². The van der Waals surface area contributed by atoms with Crippen LogP contribution in [0.4, 0.5) is 0 Å². The maximum Gasteiger partial charge on any atom is 0.0702 e. The lowest BCUT2D eigenvalue weighted by Gasteiger charge is -2.44. The van der Waals surface area contributed by atoms with E-state index in [1.807, 2.05) is 12.3 Å². The molecule has 12 rings (SSSR count). The van der Waals surface area contributed by atoms with Gasteiger partial charge in [-0.1, -0.05) is 229 Å². The minimum absolute atomic E-state index is 0.0107. The number of hydrogen-bond acceptors (Lipinski definition) is 3. The van der Waals surface area contributed by atoms with Gasteiger partial charge in [-0.05, 0) is 153 Å². The summed E-state index contributed by atoms with van der Waals surface area (Å²) in [6, 6.07) is 71.1. The fourth-order valence-electron chi connectivity index (χ4n) is 13.3. The summed E-state index contributed by atoms with van der Waals surface area (Å²) in [5.41, 5.74) is 25.7. The minimum atomic E-state index is 0.0107. The molecule has 0 aliphatic heterocycles. The molecule has 0 bridgehead atoms. The molecule has 0 spiro atoms. The van der Waals surface area contributed by atoms with Crippen molar-refractivity contribution in [3.63, 3.8) is 0 Å². The molecule has 2 aliphatic rings. The van der Waals surface area contributed by atoms with Crippen LogP contribution in [0.1, 0.15) is 105 Å². The van der Waals surface area contributed by atoms with Crippen LogP contribution in [0.3, 0.4) is 0 Å². The molecular formula is C75H71N3. The molecule has 0 radical (unpaired) electrons. The summed E-state index contributed by atoms with van der Waals surface area (Å²) in [6.45, 7) is 28.9. The van der Waals surface area contributed by atoms with Crippen molar-refractivity contribution in [2.45, 2.75) is 105 Å². The highest BCUT2D eigenvalue weighted by Crippen LogP contribution is 2.63. The SMILES string of the molecule is CC1(C)c2ccc(-c3ccc(-c4ccccc4-c4cc(-c5ccccc5-c5ccc(-c6ccccc6)nc5)cc(-c5ccccc5-c5ccc(-c6ccc7c(c6)C(C)(C)C(C)(C)C7(C)C)nc5)c4)cn3)cc2C(C)(C)C1(C)C.